The number of hydrogen-bond donors (Lipinski definition) is 1. The Labute approximate surface area is 230 Å². The van der Waals surface area contributed by atoms with Gasteiger partial charge in [0.1, 0.15) is 18.4 Å². The Hall–Kier alpha value is -3.72. The molecule has 1 N–H and O–H groups in total. The summed E-state index contributed by atoms with van der Waals surface area (Å²) in [6.45, 7) is 5.16. The van der Waals surface area contributed by atoms with E-state index >= 15 is 0 Å². The van der Waals surface area contributed by atoms with Crippen molar-refractivity contribution in [1.82, 2.24) is 10.2 Å². The Bertz CT molecular complexity index is 1340. The Morgan fingerprint density at radius 2 is 1.46 bits per heavy atom. The van der Waals surface area contributed by atoms with Crippen molar-refractivity contribution in [1.29, 1.82) is 0 Å². The number of hydrogen-bond acceptors (Lipinski definition) is 4. The topological polar surface area (TPSA) is 86.8 Å². The van der Waals surface area contributed by atoms with Crippen LogP contribution < -0.4 is 9.62 Å². The van der Waals surface area contributed by atoms with Crippen LogP contribution in [0.3, 0.4) is 0 Å². The standard InChI is InChI=1S/C30H36FN3O4S/c1-4-23(3)32-30(36)27(5-2)33(21-20-24-14-8-6-9-15-24)29(35)22-34(28-19-13-12-18-26(28)31)39(37,38)25-16-10-7-11-17-25/h6-19,23,27H,4-5,20-22H2,1-3H3,(H,32,36). The largest absolute Gasteiger partial charge is 0.352 e. The van der Waals surface area contributed by atoms with Crippen LogP contribution in [0.15, 0.2) is 89.8 Å². The summed E-state index contributed by atoms with van der Waals surface area (Å²) in [5, 5.41) is 2.94. The highest BCUT2D eigenvalue weighted by Crippen LogP contribution is 2.26. The van der Waals surface area contributed by atoms with Gasteiger partial charge in [0.05, 0.1) is 10.6 Å². The number of anilines is 1. The summed E-state index contributed by atoms with van der Waals surface area (Å²) in [5.74, 6) is -1.68. The van der Waals surface area contributed by atoms with Gasteiger partial charge < -0.3 is 10.2 Å². The third kappa shape index (κ3) is 7.66. The van der Waals surface area contributed by atoms with Crippen LogP contribution in [0.4, 0.5) is 10.1 Å². The molecule has 2 atom stereocenters. The maximum absolute atomic E-state index is 14.9. The normalized spacial score (nSPS) is 12.8. The number of amides is 2. The third-order valence-corrected chi connectivity index (χ3v) is 8.38. The zero-order valence-electron chi connectivity index (χ0n) is 22.6. The number of rotatable bonds is 13. The first-order valence-electron chi connectivity index (χ1n) is 13.1. The van der Waals surface area contributed by atoms with Crippen molar-refractivity contribution in [3.8, 4) is 0 Å². The highest BCUT2D eigenvalue weighted by Gasteiger charge is 2.34. The molecule has 0 saturated heterocycles. The van der Waals surface area contributed by atoms with Gasteiger partial charge in [-0.15, -0.1) is 0 Å². The van der Waals surface area contributed by atoms with Crippen LogP contribution in [-0.4, -0.2) is 50.3 Å². The molecule has 0 saturated carbocycles. The second-order valence-electron chi connectivity index (χ2n) is 9.34. The molecule has 0 aromatic heterocycles. The molecule has 0 bridgehead atoms. The Kier molecular flexibility index (Phi) is 10.6. The summed E-state index contributed by atoms with van der Waals surface area (Å²) < 4.78 is 43.1. The Balaban J connectivity index is 2.00. The third-order valence-electron chi connectivity index (χ3n) is 6.60. The number of carbonyl (C=O) groups excluding carboxylic acids is 2. The number of carbonyl (C=O) groups is 2. The molecular formula is C30H36FN3O4S. The van der Waals surface area contributed by atoms with Gasteiger partial charge in [0.2, 0.25) is 11.8 Å². The van der Waals surface area contributed by atoms with E-state index in [1.54, 1.807) is 25.1 Å². The summed E-state index contributed by atoms with van der Waals surface area (Å²) in [6, 6.07) is 21.6. The lowest BCUT2D eigenvalue weighted by atomic mass is 10.1. The van der Waals surface area contributed by atoms with E-state index in [4.69, 9.17) is 0 Å². The Morgan fingerprint density at radius 1 is 0.872 bits per heavy atom. The molecule has 2 unspecified atom stereocenters. The zero-order chi connectivity index (χ0) is 28.4. The van der Waals surface area contributed by atoms with E-state index in [0.717, 1.165) is 22.4 Å². The minimum atomic E-state index is -4.30. The average molecular weight is 554 g/mol. The SMILES string of the molecule is CCC(C)NC(=O)C(CC)N(CCc1ccccc1)C(=O)CN(c1ccccc1F)S(=O)(=O)c1ccccc1. The minimum Gasteiger partial charge on any atom is -0.352 e. The lowest BCUT2D eigenvalue weighted by molar-refractivity contribution is -0.139. The second-order valence-corrected chi connectivity index (χ2v) is 11.2. The maximum Gasteiger partial charge on any atom is 0.264 e. The molecule has 0 spiro atoms. The van der Waals surface area contributed by atoms with Crippen LogP contribution in [0.1, 0.15) is 39.2 Å². The molecule has 3 aromatic rings. The summed E-state index contributed by atoms with van der Waals surface area (Å²) in [5.41, 5.74) is 0.727. The number of nitrogens with zero attached hydrogens (tertiary/aromatic N) is 2. The lowest BCUT2D eigenvalue weighted by Gasteiger charge is -2.33. The van der Waals surface area contributed by atoms with E-state index < -0.39 is 34.3 Å². The summed E-state index contributed by atoms with van der Waals surface area (Å²) in [4.78, 5) is 28.5. The predicted octanol–water partition coefficient (Wildman–Crippen LogP) is 4.79. The van der Waals surface area contributed by atoms with Gasteiger partial charge in [0.15, 0.2) is 0 Å². The van der Waals surface area contributed by atoms with Crippen LogP contribution in [0.2, 0.25) is 0 Å². The van der Waals surface area contributed by atoms with Crippen LogP contribution in [0.25, 0.3) is 0 Å². The van der Waals surface area contributed by atoms with Crippen LogP contribution >= 0.6 is 0 Å². The fourth-order valence-electron chi connectivity index (χ4n) is 4.22. The molecule has 3 aromatic carbocycles. The first-order valence-corrected chi connectivity index (χ1v) is 14.6. The lowest BCUT2D eigenvalue weighted by Crippen LogP contribution is -2.54. The monoisotopic (exact) mass is 553 g/mol. The van der Waals surface area contributed by atoms with E-state index in [9.17, 15) is 22.4 Å². The first kappa shape index (κ1) is 29.8. The molecule has 0 fully saturated rings. The average Bonchev–Trinajstić information content (AvgIpc) is 2.95. The van der Waals surface area contributed by atoms with Gasteiger partial charge in [0.25, 0.3) is 10.0 Å². The highest BCUT2D eigenvalue weighted by molar-refractivity contribution is 7.92. The fourth-order valence-corrected chi connectivity index (χ4v) is 5.67. The number of para-hydroxylation sites is 1. The number of nitrogens with one attached hydrogen (secondary N) is 1. The molecule has 7 nitrogen and oxygen atoms in total. The molecule has 0 aliphatic carbocycles. The molecule has 9 heteroatoms. The molecule has 0 radical (unpaired) electrons. The van der Waals surface area contributed by atoms with E-state index in [1.807, 2.05) is 44.2 Å². The van der Waals surface area contributed by atoms with Crippen LogP contribution in [-0.2, 0) is 26.0 Å². The summed E-state index contributed by atoms with van der Waals surface area (Å²) in [6.07, 6.45) is 1.51. The minimum absolute atomic E-state index is 0.0709. The van der Waals surface area contributed by atoms with Crippen molar-refractivity contribution in [2.24, 2.45) is 0 Å². The van der Waals surface area contributed by atoms with Gasteiger partial charge in [-0.3, -0.25) is 13.9 Å². The van der Waals surface area contributed by atoms with Gasteiger partial charge in [-0.1, -0.05) is 74.5 Å². The number of sulfonamides is 1. The molecule has 2 amide bonds. The number of halogens is 1. The Morgan fingerprint density at radius 3 is 2.05 bits per heavy atom. The van der Waals surface area contributed by atoms with E-state index in [0.29, 0.717) is 12.8 Å². The second kappa shape index (κ2) is 13.9. The summed E-state index contributed by atoms with van der Waals surface area (Å²) in [7, 11) is -4.30. The zero-order valence-corrected chi connectivity index (χ0v) is 23.4. The van der Waals surface area contributed by atoms with Crippen molar-refractivity contribution < 1.29 is 22.4 Å². The smallest absolute Gasteiger partial charge is 0.264 e. The van der Waals surface area contributed by atoms with Gasteiger partial charge in [-0.05, 0) is 56.0 Å². The van der Waals surface area contributed by atoms with E-state index in [-0.39, 0.29) is 29.1 Å². The van der Waals surface area contributed by atoms with Crippen molar-refractivity contribution in [2.75, 3.05) is 17.4 Å². The predicted molar refractivity (Wildman–Crippen MR) is 151 cm³/mol. The molecule has 39 heavy (non-hydrogen) atoms. The van der Waals surface area contributed by atoms with E-state index in [2.05, 4.69) is 5.32 Å². The molecule has 3 rings (SSSR count). The van der Waals surface area contributed by atoms with Crippen LogP contribution in [0.5, 0.6) is 0 Å². The molecule has 0 aliphatic heterocycles. The van der Waals surface area contributed by atoms with Gasteiger partial charge in [-0.2, -0.15) is 0 Å². The van der Waals surface area contributed by atoms with Crippen molar-refractivity contribution in [3.05, 3.63) is 96.3 Å². The van der Waals surface area contributed by atoms with Crippen molar-refractivity contribution >= 4 is 27.5 Å². The summed E-state index contributed by atoms with van der Waals surface area (Å²) >= 11 is 0. The maximum atomic E-state index is 14.9. The molecule has 208 valence electrons. The molecule has 0 aliphatic rings. The van der Waals surface area contributed by atoms with Gasteiger partial charge in [0, 0.05) is 12.6 Å². The molecule has 0 heterocycles. The number of benzene rings is 3. The van der Waals surface area contributed by atoms with E-state index in [1.165, 1.54) is 35.2 Å². The van der Waals surface area contributed by atoms with Crippen molar-refractivity contribution in [3.63, 3.8) is 0 Å². The van der Waals surface area contributed by atoms with Crippen molar-refractivity contribution in [2.45, 2.75) is 57.0 Å². The fraction of sp³-hybridized carbons (Fsp3) is 0.333. The van der Waals surface area contributed by atoms with Gasteiger partial charge in [-0.25, -0.2) is 12.8 Å². The first-order chi connectivity index (χ1) is 18.7. The van der Waals surface area contributed by atoms with Gasteiger partial charge >= 0.3 is 0 Å². The molecular weight excluding hydrogens is 517 g/mol. The van der Waals surface area contributed by atoms with Crippen LogP contribution in [0, 0.1) is 5.82 Å². The quantitative estimate of drug-likeness (QED) is 0.330. The highest BCUT2D eigenvalue weighted by atomic mass is 32.2.